The molecule has 0 saturated heterocycles. The molecule has 2 N–H and O–H groups in total. The second-order valence-electron chi connectivity index (χ2n) is 3.09. The number of carboxylic acids is 1. The summed E-state index contributed by atoms with van der Waals surface area (Å²) in [5, 5.41) is 14.7. The van der Waals surface area contributed by atoms with Gasteiger partial charge < -0.3 is 14.9 Å². The number of hydrogen-bond donors (Lipinski definition) is 2. The molecule has 1 rings (SSSR count). The van der Waals surface area contributed by atoms with Gasteiger partial charge in [-0.2, -0.15) is 11.8 Å². The fourth-order valence-electron chi connectivity index (χ4n) is 1.01. The standard InChI is InChI=1S/C9H12N2O4S/c1-6(12)11-8(9(13)14)5-16-4-7-2-3-10-15-7/h2-3,8H,4-5H2,1H3,(H,11,12)(H,13,14). The number of aromatic nitrogens is 1. The zero-order valence-electron chi connectivity index (χ0n) is 8.67. The van der Waals surface area contributed by atoms with Crippen LogP contribution >= 0.6 is 11.8 Å². The van der Waals surface area contributed by atoms with Crippen LogP contribution in [-0.4, -0.2) is 33.9 Å². The Kier molecular flexibility index (Phi) is 4.84. The van der Waals surface area contributed by atoms with Crippen molar-refractivity contribution in [3.8, 4) is 0 Å². The average Bonchev–Trinajstić information content (AvgIpc) is 2.68. The predicted molar refractivity (Wildman–Crippen MR) is 57.9 cm³/mol. The maximum absolute atomic E-state index is 10.8. The highest BCUT2D eigenvalue weighted by molar-refractivity contribution is 7.98. The second-order valence-corrected chi connectivity index (χ2v) is 4.12. The third kappa shape index (κ3) is 4.35. The van der Waals surface area contributed by atoms with E-state index < -0.39 is 12.0 Å². The topological polar surface area (TPSA) is 92.4 Å². The van der Waals surface area contributed by atoms with Crippen LogP contribution in [0.25, 0.3) is 0 Å². The molecule has 16 heavy (non-hydrogen) atoms. The van der Waals surface area contributed by atoms with E-state index in [1.54, 1.807) is 6.07 Å². The fourth-order valence-corrected chi connectivity index (χ4v) is 1.94. The Balaban J connectivity index is 2.32. The number of hydrogen-bond acceptors (Lipinski definition) is 5. The van der Waals surface area contributed by atoms with E-state index in [1.807, 2.05) is 0 Å². The third-order valence-electron chi connectivity index (χ3n) is 1.70. The quantitative estimate of drug-likeness (QED) is 0.757. The zero-order valence-corrected chi connectivity index (χ0v) is 9.49. The minimum Gasteiger partial charge on any atom is -0.480 e. The van der Waals surface area contributed by atoms with Gasteiger partial charge in [-0.1, -0.05) is 5.16 Å². The maximum atomic E-state index is 10.8. The molecule has 0 aliphatic rings. The van der Waals surface area contributed by atoms with Gasteiger partial charge in [-0.25, -0.2) is 4.79 Å². The van der Waals surface area contributed by atoms with E-state index in [0.717, 1.165) is 0 Å². The summed E-state index contributed by atoms with van der Waals surface area (Å²) in [5.41, 5.74) is 0. The maximum Gasteiger partial charge on any atom is 0.327 e. The van der Waals surface area contributed by atoms with Gasteiger partial charge in [0.2, 0.25) is 5.91 Å². The van der Waals surface area contributed by atoms with Crippen molar-refractivity contribution >= 4 is 23.6 Å². The van der Waals surface area contributed by atoms with Crippen LogP contribution in [0.1, 0.15) is 12.7 Å². The molecule has 6 nitrogen and oxygen atoms in total. The number of rotatable bonds is 6. The van der Waals surface area contributed by atoms with E-state index in [9.17, 15) is 9.59 Å². The number of nitrogens with one attached hydrogen (secondary N) is 1. The number of aliphatic carboxylic acids is 1. The van der Waals surface area contributed by atoms with Crippen LogP contribution in [0.4, 0.5) is 0 Å². The molecule has 0 fully saturated rings. The van der Waals surface area contributed by atoms with Gasteiger partial charge in [-0.05, 0) is 0 Å². The van der Waals surface area contributed by atoms with Crippen LogP contribution in [0, 0.1) is 0 Å². The Hall–Kier alpha value is -1.50. The molecule has 88 valence electrons. The minimum absolute atomic E-state index is 0.287. The largest absolute Gasteiger partial charge is 0.480 e. The molecule has 1 heterocycles. The Morgan fingerprint density at radius 2 is 2.44 bits per heavy atom. The lowest BCUT2D eigenvalue weighted by Gasteiger charge is -2.11. The van der Waals surface area contributed by atoms with Crippen LogP contribution < -0.4 is 5.32 Å². The number of amides is 1. The SMILES string of the molecule is CC(=O)NC(CSCc1ccno1)C(=O)O. The monoisotopic (exact) mass is 244 g/mol. The molecular formula is C9H12N2O4S. The first-order valence-corrected chi connectivity index (χ1v) is 5.72. The van der Waals surface area contributed by atoms with Gasteiger partial charge in [0.1, 0.15) is 11.8 Å². The molecule has 0 radical (unpaired) electrons. The molecule has 1 amide bonds. The molecule has 1 unspecified atom stereocenters. The average molecular weight is 244 g/mol. The summed E-state index contributed by atoms with van der Waals surface area (Å²) in [4.78, 5) is 21.5. The molecule has 1 atom stereocenters. The Labute approximate surface area is 96.4 Å². The number of carbonyl (C=O) groups is 2. The van der Waals surface area contributed by atoms with E-state index in [4.69, 9.17) is 9.63 Å². The highest BCUT2D eigenvalue weighted by Gasteiger charge is 2.18. The van der Waals surface area contributed by atoms with Crippen LogP contribution in [0.2, 0.25) is 0 Å². The first-order chi connectivity index (χ1) is 7.59. The molecule has 0 saturated carbocycles. The lowest BCUT2D eigenvalue weighted by molar-refractivity contribution is -0.140. The lowest BCUT2D eigenvalue weighted by Crippen LogP contribution is -2.41. The van der Waals surface area contributed by atoms with Crippen molar-refractivity contribution in [3.63, 3.8) is 0 Å². The molecule has 0 aliphatic heterocycles. The summed E-state index contributed by atoms with van der Waals surface area (Å²) < 4.78 is 4.85. The molecule has 0 bridgehead atoms. The summed E-state index contributed by atoms with van der Waals surface area (Å²) >= 11 is 1.36. The van der Waals surface area contributed by atoms with Gasteiger partial charge in [0.25, 0.3) is 0 Å². The number of carboxylic acid groups (broad SMARTS) is 1. The Morgan fingerprint density at radius 3 is 2.94 bits per heavy atom. The van der Waals surface area contributed by atoms with Crippen LogP contribution in [0.15, 0.2) is 16.8 Å². The van der Waals surface area contributed by atoms with Crippen molar-refractivity contribution < 1.29 is 19.2 Å². The minimum atomic E-state index is -1.04. The summed E-state index contributed by atoms with van der Waals surface area (Å²) in [6.45, 7) is 1.29. The van der Waals surface area contributed by atoms with Crippen molar-refractivity contribution in [1.29, 1.82) is 0 Å². The second kappa shape index (κ2) is 6.16. The summed E-state index contributed by atoms with van der Waals surface area (Å²) in [5.74, 6) is 0.101. The third-order valence-corrected chi connectivity index (χ3v) is 2.75. The van der Waals surface area contributed by atoms with Crippen LogP contribution in [-0.2, 0) is 15.3 Å². The summed E-state index contributed by atoms with van der Waals surface area (Å²) in [6.07, 6.45) is 1.53. The molecule has 0 spiro atoms. The molecule has 0 aliphatic carbocycles. The predicted octanol–water partition coefficient (Wildman–Crippen LogP) is 0.497. The lowest BCUT2D eigenvalue weighted by atomic mass is 10.3. The molecule has 7 heteroatoms. The molecule has 1 aromatic heterocycles. The van der Waals surface area contributed by atoms with Gasteiger partial charge in [-0.3, -0.25) is 4.79 Å². The molecule has 0 aromatic carbocycles. The van der Waals surface area contributed by atoms with Crippen molar-refractivity contribution in [1.82, 2.24) is 10.5 Å². The van der Waals surface area contributed by atoms with Gasteiger partial charge in [0.15, 0.2) is 0 Å². The van der Waals surface area contributed by atoms with E-state index in [-0.39, 0.29) is 11.7 Å². The Bertz CT molecular complexity index is 352. The number of thioether (sulfide) groups is 1. The smallest absolute Gasteiger partial charge is 0.327 e. The summed E-state index contributed by atoms with van der Waals surface area (Å²) in [6, 6.07) is 0.840. The Morgan fingerprint density at radius 1 is 1.69 bits per heavy atom. The highest BCUT2D eigenvalue weighted by Crippen LogP contribution is 2.12. The van der Waals surface area contributed by atoms with Crippen molar-refractivity contribution in [2.24, 2.45) is 0 Å². The normalized spacial score (nSPS) is 12.1. The zero-order chi connectivity index (χ0) is 12.0. The number of nitrogens with zero attached hydrogens (tertiary/aromatic N) is 1. The highest BCUT2D eigenvalue weighted by atomic mass is 32.2. The first-order valence-electron chi connectivity index (χ1n) is 4.57. The van der Waals surface area contributed by atoms with Crippen molar-refractivity contribution in [3.05, 3.63) is 18.0 Å². The van der Waals surface area contributed by atoms with Crippen molar-refractivity contribution in [2.45, 2.75) is 18.7 Å². The van der Waals surface area contributed by atoms with Gasteiger partial charge >= 0.3 is 5.97 Å². The van der Waals surface area contributed by atoms with Gasteiger partial charge in [0, 0.05) is 18.7 Å². The van der Waals surface area contributed by atoms with Crippen molar-refractivity contribution in [2.75, 3.05) is 5.75 Å². The molecular weight excluding hydrogens is 232 g/mol. The van der Waals surface area contributed by atoms with Gasteiger partial charge in [0.05, 0.1) is 11.9 Å². The van der Waals surface area contributed by atoms with Gasteiger partial charge in [-0.15, -0.1) is 0 Å². The molecule has 1 aromatic rings. The number of carbonyl (C=O) groups excluding carboxylic acids is 1. The van der Waals surface area contributed by atoms with E-state index in [0.29, 0.717) is 11.5 Å². The van der Waals surface area contributed by atoms with E-state index in [1.165, 1.54) is 24.9 Å². The first kappa shape index (κ1) is 12.6. The van der Waals surface area contributed by atoms with Crippen LogP contribution in [0.5, 0.6) is 0 Å². The van der Waals surface area contributed by atoms with Crippen LogP contribution in [0.3, 0.4) is 0 Å². The summed E-state index contributed by atoms with van der Waals surface area (Å²) in [7, 11) is 0. The van der Waals surface area contributed by atoms with E-state index in [2.05, 4.69) is 10.5 Å². The fraction of sp³-hybridized carbons (Fsp3) is 0.444. The van der Waals surface area contributed by atoms with E-state index >= 15 is 0 Å².